The molecular formula is C28H42N6O2S. The Morgan fingerprint density at radius 2 is 1.92 bits per heavy atom. The second-order valence-electron chi connectivity index (χ2n) is 10.8. The van der Waals surface area contributed by atoms with Gasteiger partial charge >= 0.3 is 6.03 Å². The van der Waals surface area contributed by atoms with Crippen LogP contribution in [-0.2, 0) is 9.48 Å². The molecule has 0 bridgehead atoms. The van der Waals surface area contributed by atoms with Crippen molar-refractivity contribution in [3.05, 3.63) is 36.0 Å². The van der Waals surface area contributed by atoms with Gasteiger partial charge in [0.1, 0.15) is 5.82 Å². The highest BCUT2D eigenvalue weighted by atomic mass is 32.2. The molecule has 8 nitrogen and oxygen atoms in total. The van der Waals surface area contributed by atoms with E-state index in [0.717, 1.165) is 35.9 Å². The number of thioether (sulfide) groups is 1. The van der Waals surface area contributed by atoms with Crippen molar-refractivity contribution >= 4 is 29.3 Å². The summed E-state index contributed by atoms with van der Waals surface area (Å²) in [5.74, 6) is 1.67. The van der Waals surface area contributed by atoms with Gasteiger partial charge in [0.2, 0.25) is 0 Å². The van der Waals surface area contributed by atoms with E-state index in [1.807, 2.05) is 55.0 Å². The quantitative estimate of drug-likeness (QED) is 0.478. The van der Waals surface area contributed by atoms with E-state index in [1.54, 1.807) is 0 Å². The molecule has 202 valence electrons. The summed E-state index contributed by atoms with van der Waals surface area (Å²) in [6, 6.07) is 10.0. The highest BCUT2D eigenvalue weighted by Crippen LogP contribution is 2.44. The van der Waals surface area contributed by atoms with Gasteiger partial charge in [-0.15, -0.1) is 11.8 Å². The standard InChI is InChI=1S/C28H42N6O2S/c1-20-19-36-17-16-34(20)25-18-24(28(2,3)37-23-8-6-7-9-23)31-26(32-25)21-10-12-22(13-11-21)30-27(35)29-14-15-33(4)5/h10-13,18,20,23H,6-9,14-17,19H2,1-5H3,(H2,29,30,35)/t20-/m0/s1. The molecule has 4 rings (SSSR count). The number of morpholine rings is 1. The summed E-state index contributed by atoms with van der Waals surface area (Å²) >= 11 is 2.05. The van der Waals surface area contributed by atoms with Crippen LogP contribution in [0.1, 0.15) is 52.1 Å². The first-order valence-electron chi connectivity index (χ1n) is 13.4. The Hall–Kier alpha value is -2.36. The van der Waals surface area contributed by atoms with E-state index < -0.39 is 0 Å². The largest absolute Gasteiger partial charge is 0.377 e. The van der Waals surface area contributed by atoms with Gasteiger partial charge in [0.15, 0.2) is 5.82 Å². The van der Waals surface area contributed by atoms with Gasteiger partial charge < -0.3 is 25.2 Å². The number of nitrogens with zero attached hydrogens (tertiary/aromatic N) is 4. The lowest BCUT2D eigenvalue weighted by Crippen LogP contribution is -2.44. The summed E-state index contributed by atoms with van der Waals surface area (Å²) < 4.78 is 5.56. The van der Waals surface area contributed by atoms with Gasteiger partial charge in [0, 0.05) is 42.2 Å². The molecule has 1 aliphatic heterocycles. The van der Waals surface area contributed by atoms with Gasteiger partial charge in [-0.2, -0.15) is 0 Å². The first-order chi connectivity index (χ1) is 17.7. The first kappa shape index (κ1) is 27.7. The highest BCUT2D eigenvalue weighted by molar-refractivity contribution is 8.00. The van der Waals surface area contributed by atoms with Crippen molar-refractivity contribution in [2.75, 3.05) is 57.2 Å². The van der Waals surface area contributed by atoms with E-state index in [-0.39, 0.29) is 16.8 Å². The van der Waals surface area contributed by atoms with Crippen molar-refractivity contribution in [3.8, 4) is 11.4 Å². The van der Waals surface area contributed by atoms with Crippen molar-refractivity contribution in [2.24, 2.45) is 0 Å². The molecule has 2 aliphatic rings. The van der Waals surface area contributed by atoms with Crippen LogP contribution in [0.25, 0.3) is 11.4 Å². The Kier molecular flexibility index (Phi) is 9.31. The summed E-state index contributed by atoms with van der Waals surface area (Å²) in [6.07, 6.45) is 5.23. The summed E-state index contributed by atoms with van der Waals surface area (Å²) in [7, 11) is 3.96. The van der Waals surface area contributed by atoms with Crippen molar-refractivity contribution < 1.29 is 9.53 Å². The number of urea groups is 1. The van der Waals surface area contributed by atoms with Crippen LogP contribution >= 0.6 is 11.8 Å². The van der Waals surface area contributed by atoms with Gasteiger partial charge in [0.05, 0.1) is 29.7 Å². The summed E-state index contributed by atoms with van der Waals surface area (Å²) in [5, 5.41) is 6.47. The number of likely N-dealkylation sites (N-methyl/N-ethyl adjacent to an activating group) is 1. The molecule has 1 aromatic heterocycles. The van der Waals surface area contributed by atoms with Gasteiger partial charge in [-0.1, -0.05) is 12.8 Å². The monoisotopic (exact) mass is 526 g/mol. The molecule has 0 radical (unpaired) electrons. The Labute approximate surface area is 226 Å². The normalized spacial score (nSPS) is 18.9. The molecule has 0 spiro atoms. The number of carbonyl (C=O) groups is 1. The maximum atomic E-state index is 12.2. The number of benzene rings is 1. The Bertz CT molecular complexity index is 1040. The third-order valence-electron chi connectivity index (χ3n) is 7.00. The minimum atomic E-state index is -0.206. The van der Waals surface area contributed by atoms with E-state index in [1.165, 1.54) is 25.7 Å². The predicted molar refractivity (Wildman–Crippen MR) is 154 cm³/mol. The lowest BCUT2D eigenvalue weighted by Gasteiger charge is -2.35. The third-order valence-corrected chi connectivity index (χ3v) is 8.60. The zero-order valence-electron chi connectivity index (χ0n) is 22.9. The number of hydrogen-bond donors (Lipinski definition) is 2. The molecule has 2 amide bonds. The molecule has 37 heavy (non-hydrogen) atoms. The Balaban J connectivity index is 1.57. The second-order valence-corrected chi connectivity index (χ2v) is 12.8. The van der Waals surface area contributed by atoms with E-state index >= 15 is 0 Å². The van der Waals surface area contributed by atoms with E-state index in [2.05, 4.69) is 42.4 Å². The van der Waals surface area contributed by atoms with Crippen LogP contribution in [0, 0.1) is 0 Å². The average Bonchev–Trinajstić information content (AvgIpc) is 3.36. The van der Waals surface area contributed by atoms with Crippen molar-refractivity contribution in [2.45, 2.75) is 62.5 Å². The molecule has 1 atom stereocenters. The van der Waals surface area contributed by atoms with Crippen LogP contribution < -0.4 is 15.5 Å². The van der Waals surface area contributed by atoms with Crippen molar-refractivity contribution in [1.82, 2.24) is 20.2 Å². The molecule has 1 aliphatic carbocycles. The number of ether oxygens (including phenoxy) is 1. The van der Waals surface area contributed by atoms with Gasteiger partial charge in [-0.05, 0) is 72.0 Å². The molecule has 1 saturated carbocycles. The maximum Gasteiger partial charge on any atom is 0.319 e. The molecule has 1 saturated heterocycles. The molecule has 2 heterocycles. The topological polar surface area (TPSA) is 82.6 Å². The molecule has 9 heteroatoms. The van der Waals surface area contributed by atoms with Crippen LogP contribution in [0.5, 0.6) is 0 Å². The number of anilines is 2. The minimum Gasteiger partial charge on any atom is -0.377 e. The van der Waals surface area contributed by atoms with Gasteiger partial charge in [0.25, 0.3) is 0 Å². The molecule has 2 fully saturated rings. The third kappa shape index (κ3) is 7.58. The van der Waals surface area contributed by atoms with Crippen LogP contribution in [-0.4, -0.2) is 79.1 Å². The number of rotatable bonds is 9. The molecule has 2 aromatic rings. The number of hydrogen-bond acceptors (Lipinski definition) is 7. The van der Waals surface area contributed by atoms with E-state index in [4.69, 9.17) is 14.7 Å². The number of nitrogens with one attached hydrogen (secondary N) is 2. The second kappa shape index (κ2) is 12.5. The predicted octanol–water partition coefficient (Wildman–Crippen LogP) is 4.96. The summed E-state index contributed by atoms with van der Waals surface area (Å²) in [5.41, 5.74) is 2.73. The van der Waals surface area contributed by atoms with Crippen molar-refractivity contribution in [3.63, 3.8) is 0 Å². The van der Waals surface area contributed by atoms with Crippen LogP contribution in [0.15, 0.2) is 30.3 Å². The number of amides is 2. The van der Waals surface area contributed by atoms with Crippen LogP contribution in [0.2, 0.25) is 0 Å². The van der Waals surface area contributed by atoms with Crippen LogP contribution in [0.4, 0.5) is 16.3 Å². The zero-order chi connectivity index (χ0) is 26.4. The maximum absolute atomic E-state index is 12.2. The van der Waals surface area contributed by atoms with E-state index in [0.29, 0.717) is 30.8 Å². The zero-order valence-corrected chi connectivity index (χ0v) is 23.7. The average molecular weight is 527 g/mol. The summed E-state index contributed by atoms with van der Waals surface area (Å²) in [4.78, 5) is 26.7. The lowest BCUT2D eigenvalue weighted by atomic mass is 10.1. The highest BCUT2D eigenvalue weighted by Gasteiger charge is 2.31. The van der Waals surface area contributed by atoms with Gasteiger partial charge in [-0.3, -0.25) is 0 Å². The van der Waals surface area contributed by atoms with Crippen LogP contribution in [0.3, 0.4) is 0 Å². The Morgan fingerprint density at radius 1 is 1.19 bits per heavy atom. The molecular weight excluding hydrogens is 484 g/mol. The minimum absolute atomic E-state index is 0.122. The fourth-order valence-electron chi connectivity index (χ4n) is 4.84. The SMILES string of the molecule is C[C@H]1COCCN1c1cc(C(C)(C)SC2CCCC2)nc(-c2ccc(NC(=O)NCCN(C)C)cc2)n1. The number of aromatic nitrogens is 2. The van der Waals surface area contributed by atoms with Gasteiger partial charge in [-0.25, -0.2) is 14.8 Å². The van der Waals surface area contributed by atoms with E-state index in [9.17, 15) is 4.79 Å². The molecule has 1 aromatic carbocycles. The van der Waals surface area contributed by atoms with Crippen molar-refractivity contribution in [1.29, 1.82) is 0 Å². The molecule has 0 unspecified atom stereocenters. The molecule has 2 N–H and O–H groups in total. The Morgan fingerprint density at radius 3 is 2.59 bits per heavy atom. The fourth-order valence-corrected chi connectivity index (χ4v) is 6.47. The number of carbonyl (C=O) groups excluding carboxylic acids is 1. The first-order valence-corrected chi connectivity index (χ1v) is 14.3. The smallest absolute Gasteiger partial charge is 0.319 e. The summed E-state index contributed by atoms with van der Waals surface area (Å²) in [6.45, 7) is 10.4. The fraction of sp³-hybridized carbons (Fsp3) is 0.607. The lowest BCUT2D eigenvalue weighted by molar-refractivity contribution is 0.0985.